The summed E-state index contributed by atoms with van der Waals surface area (Å²) < 4.78 is 0. The first-order valence-corrected chi connectivity index (χ1v) is 10.5. The summed E-state index contributed by atoms with van der Waals surface area (Å²) in [5.74, 6) is 1.71. The van der Waals surface area contributed by atoms with Gasteiger partial charge in [0.05, 0.1) is 0 Å². The molecule has 4 rings (SSSR count). The monoisotopic (exact) mass is 342 g/mol. The van der Waals surface area contributed by atoms with E-state index in [4.69, 9.17) is 0 Å². The maximum Gasteiger partial charge on any atom is 0.0431 e. The normalized spacial score (nSPS) is 33.2. The largest absolute Gasteiger partial charge is 0.396 e. The minimum absolute atomic E-state index is 0.342. The third-order valence-corrected chi connectivity index (χ3v) is 6.92. The molecule has 3 nitrogen and oxygen atoms in total. The van der Waals surface area contributed by atoms with Gasteiger partial charge in [0, 0.05) is 31.8 Å². The first kappa shape index (κ1) is 17.5. The fraction of sp³-hybridized carbons (Fsp3) is 0.727. The van der Waals surface area contributed by atoms with Gasteiger partial charge in [-0.05, 0) is 75.4 Å². The predicted octanol–water partition coefficient (Wildman–Crippen LogP) is 3.52. The zero-order valence-corrected chi connectivity index (χ0v) is 15.5. The molecule has 1 N–H and O–H groups in total. The van der Waals surface area contributed by atoms with Gasteiger partial charge in [0.25, 0.3) is 0 Å². The highest BCUT2D eigenvalue weighted by molar-refractivity contribution is 5.15. The fourth-order valence-corrected chi connectivity index (χ4v) is 5.94. The predicted molar refractivity (Wildman–Crippen MR) is 102 cm³/mol. The molecule has 0 bridgehead atoms. The second kappa shape index (κ2) is 8.20. The highest BCUT2D eigenvalue weighted by Crippen LogP contribution is 2.43. The standard InChI is InChI=1S/C22H34N2O/c25-15-5-4-12-21-20-11-7-14-23-13-6-10-19(22(20)23)17-24(21)16-18-8-2-1-3-9-18/h1-3,8-9,19-22,25H,4-7,10-17H2/t19-,20-,21-,22+/m1/s1. The van der Waals surface area contributed by atoms with Crippen LogP contribution >= 0.6 is 0 Å². The molecule has 0 amide bonds. The molecule has 0 radical (unpaired) electrons. The molecule has 3 aliphatic rings. The van der Waals surface area contributed by atoms with Crippen LogP contribution < -0.4 is 0 Å². The van der Waals surface area contributed by atoms with Gasteiger partial charge in [-0.1, -0.05) is 30.3 Å². The zero-order chi connectivity index (χ0) is 17.1. The molecule has 1 aromatic carbocycles. The molecule has 0 aromatic heterocycles. The van der Waals surface area contributed by atoms with Crippen LogP contribution in [0.2, 0.25) is 0 Å². The first-order valence-electron chi connectivity index (χ1n) is 10.5. The SMILES string of the molecule is OCCCC[C@@H]1[C@H]2CCCN3CCC[C@H](CN1Cc1ccccc1)[C@@H]23. The lowest BCUT2D eigenvalue weighted by Gasteiger charge is -2.57. The van der Waals surface area contributed by atoms with Crippen molar-refractivity contribution in [1.82, 2.24) is 9.80 Å². The Morgan fingerprint density at radius 3 is 2.60 bits per heavy atom. The summed E-state index contributed by atoms with van der Waals surface area (Å²) in [6.45, 7) is 5.38. The summed E-state index contributed by atoms with van der Waals surface area (Å²) in [6.07, 6.45) is 8.99. The van der Waals surface area contributed by atoms with E-state index in [-0.39, 0.29) is 0 Å². The maximum absolute atomic E-state index is 9.24. The van der Waals surface area contributed by atoms with Crippen LogP contribution in [0.1, 0.15) is 50.5 Å². The van der Waals surface area contributed by atoms with E-state index in [0.29, 0.717) is 12.6 Å². The van der Waals surface area contributed by atoms with Gasteiger partial charge in [0.2, 0.25) is 0 Å². The van der Waals surface area contributed by atoms with Gasteiger partial charge < -0.3 is 5.11 Å². The summed E-state index contributed by atoms with van der Waals surface area (Å²) in [4.78, 5) is 5.65. The van der Waals surface area contributed by atoms with E-state index in [2.05, 4.69) is 40.1 Å². The van der Waals surface area contributed by atoms with Gasteiger partial charge in [0.15, 0.2) is 0 Å². The molecule has 0 unspecified atom stereocenters. The Hall–Kier alpha value is -0.900. The van der Waals surface area contributed by atoms with Crippen molar-refractivity contribution >= 4 is 0 Å². The molecule has 25 heavy (non-hydrogen) atoms. The van der Waals surface area contributed by atoms with Crippen LogP contribution in [0.3, 0.4) is 0 Å². The fourth-order valence-electron chi connectivity index (χ4n) is 5.94. The number of hydrogen-bond acceptors (Lipinski definition) is 3. The van der Waals surface area contributed by atoms with E-state index in [1.807, 2.05) is 0 Å². The van der Waals surface area contributed by atoms with Gasteiger partial charge in [-0.25, -0.2) is 0 Å². The number of nitrogens with zero attached hydrogens (tertiary/aromatic N) is 2. The lowest BCUT2D eigenvalue weighted by Crippen LogP contribution is -2.64. The van der Waals surface area contributed by atoms with Crippen LogP contribution in [0, 0.1) is 11.8 Å². The van der Waals surface area contributed by atoms with Gasteiger partial charge in [-0.2, -0.15) is 0 Å². The molecule has 0 spiro atoms. The van der Waals surface area contributed by atoms with Crippen LogP contribution in [0.4, 0.5) is 0 Å². The summed E-state index contributed by atoms with van der Waals surface area (Å²) in [7, 11) is 0. The molecule has 1 aromatic rings. The lowest BCUT2D eigenvalue weighted by atomic mass is 9.69. The third kappa shape index (κ3) is 3.79. The Morgan fingerprint density at radius 2 is 1.80 bits per heavy atom. The molecule has 3 fully saturated rings. The number of aliphatic hydroxyl groups is 1. The molecular weight excluding hydrogens is 308 g/mol. The molecule has 0 aliphatic carbocycles. The number of unbranched alkanes of at least 4 members (excludes halogenated alkanes) is 1. The molecule has 3 saturated heterocycles. The van der Waals surface area contributed by atoms with Crippen molar-refractivity contribution in [1.29, 1.82) is 0 Å². The van der Waals surface area contributed by atoms with Crippen molar-refractivity contribution in [2.45, 2.75) is 63.6 Å². The number of hydrogen-bond donors (Lipinski definition) is 1. The summed E-state index contributed by atoms with van der Waals surface area (Å²) >= 11 is 0. The Balaban J connectivity index is 1.54. The molecule has 4 atom stereocenters. The van der Waals surface area contributed by atoms with E-state index < -0.39 is 0 Å². The van der Waals surface area contributed by atoms with Crippen molar-refractivity contribution in [2.75, 3.05) is 26.2 Å². The quantitative estimate of drug-likeness (QED) is 0.801. The van der Waals surface area contributed by atoms with Gasteiger partial charge >= 0.3 is 0 Å². The van der Waals surface area contributed by atoms with Gasteiger partial charge in [-0.3, -0.25) is 9.80 Å². The van der Waals surface area contributed by atoms with E-state index in [9.17, 15) is 5.11 Å². The summed E-state index contributed by atoms with van der Waals surface area (Å²) in [5.41, 5.74) is 1.46. The number of rotatable bonds is 6. The Bertz CT molecular complexity index is 532. The molecule has 3 heterocycles. The number of likely N-dealkylation sites (tertiary alicyclic amines) is 1. The smallest absolute Gasteiger partial charge is 0.0431 e. The highest BCUT2D eigenvalue weighted by atomic mass is 16.2. The van der Waals surface area contributed by atoms with E-state index in [1.165, 1.54) is 63.7 Å². The average Bonchev–Trinajstić information content (AvgIpc) is 2.65. The Morgan fingerprint density at radius 1 is 1.00 bits per heavy atom. The minimum atomic E-state index is 0.342. The van der Waals surface area contributed by atoms with Gasteiger partial charge in [0.1, 0.15) is 0 Å². The Labute approximate surface area is 153 Å². The molecule has 138 valence electrons. The zero-order valence-electron chi connectivity index (χ0n) is 15.5. The molecule has 0 saturated carbocycles. The van der Waals surface area contributed by atoms with Crippen molar-refractivity contribution in [2.24, 2.45) is 11.8 Å². The Kier molecular flexibility index (Phi) is 5.74. The molecular formula is C22H34N2O. The average molecular weight is 343 g/mol. The van der Waals surface area contributed by atoms with E-state index in [0.717, 1.165) is 30.8 Å². The summed E-state index contributed by atoms with van der Waals surface area (Å²) in [6, 6.07) is 12.6. The van der Waals surface area contributed by atoms with Crippen LogP contribution in [-0.4, -0.2) is 53.2 Å². The van der Waals surface area contributed by atoms with Crippen LogP contribution in [0.15, 0.2) is 30.3 Å². The topological polar surface area (TPSA) is 26.7 Å². The third-order valence-electron chi connectivity index (χ3n) is 6.92. The first-order chi connectivity index (χ1) is 12.4. The van der Waals surface area contributed by atoms with Crippen LogP contribution in [-0.2, 0) is 6.54 Å². The highest BCUT2D eigenvalue weighted by Gasteiger charge is 2.47. The van der Waals surface area contributed by atoms with Crippen molar-refractivity contribution in [3.05, 3.63) is 35.9 Å². The van der Waals surface area contributed by atoms with Crippen LogP contribution in [0.25, 0.3) is 0 Å². The molecule has 3 heteroatoms. The van der Waals surface area contributed by atoms with Gasteiger partial charge in [-0.15, -0.1) is 0 Å². The second-order valence-corrected chi connectivity index (χ2v) is 8.44. The second-order valence-electron chi connectivity index (χ2n) is 8.44. The maximum atomic E-state index is 9.24. The van der Waals surface area contributed by atoms with E-state index in [1.54, 1.807) is 0 Å². The number of piperidine rings is 3. The minimum Gasteiger partial charge on any atom is -0.396 e. The molecule has 3 aliphatic heterocycles. The van der Waals surface area contributed by atoms with Crippen molar-refractivity contribution in [3.63, 3.8) is 0 Å². The van der Waals surface area contributed by atoms with Crippen LogP contribution in [0.5, 0.6) is 0 Å². The van der Waals surface area contributed by atoms with E-state index >= 15 is 0 Å². The number of benzene rings is 1. The lowest BCUT2D eigenvalue weighted by molar-refractivity contribution is -0.0812. The van der Waals surface area contributed by atoms with Crippen molar-refractivity contribution in [3.8, 4) is 0 Å². The number of aliphatic hydroxyl groups excluding tert-OH is 1. The van der Waals surface area contributed by atoms with Crippen molar-refractivity contribution < 1.29 is 5.11 Å². The summed E-state index contributed by atoms with van der Waals surface area (Å²) in [5, 5.41) is 9.24.